The van der Waals surface area contributed by atoms with Gasteiger partial charge in [0.15, 0.2) is 0 Å². The van der Waals surface area contributed by atoms with Crippen molar-refractivity contribution >= 4 is 5.69 Å². The molecule has 0 saturated heterocycles. The second-order valence-electron chi connectivity index (χ2n) is 4.49. The third-order valence-corrected chi connectivity index (χ3v) is 3.21. The van der Waals surface area contributed by atoms with E-state index in [4.69, 9.17) is 0 Å². The van der Waals surface area contributed by atoms with Crippen molar-refractivity contribution in [1.29, 1.82) is 0 Å². The Kier molecular flexibility index (Phi) is 4.42. The monoisotopic (exact) mass is 274 g/mol. The lowest BCUT2D eigenvalue weighted by Gasteiger charge is -2.16. The topological polar surface area (TPSA) is 55.2 Å². The molecule has 0 aliphatic carbocycles. The highest BCUT2D eigenvalue weighted by Crippen LogP contribution is 2.25. The maximum atomic E-state index is 13.3. The second kappa shape index (κ2) is 6.25. The number of halogens is 1. The molecule has 0 bridgehead atoms. The summed E-state index contributed by atoms with van der Waals surface area (Å²) < 4.78 is 13.3. The van der Waals surface area contributed by atoms with Gasteiger partial charge in [0.25, 0.3) is 5.69 Å². The van der Waals surface area contributed by atoms with Gasteiger partial charge in [0, 0.05) is 17.7 Å². The molecule has 1 unspecified atom stereocenters. The Hall–Kier alpha value is -2.27. The van der Waals surface area contributed by atoms with Crippen LogP contribution >= 0.6 is 0 Å². The van der Waals surface area contributed by atoms with Gasteiger partial charge in [0.05, 0.1) is 4.92 Å². The third kappa shape index (κ3) is 3.19. The van der Waals surface area contributed by atoms with Crippen LogP contribution in [-0.2, 0) is 6.42 Å². The molecule has 0 spiro atoms. The van der Waals surface area contributed by atoms with Crippen LogP contribution in [0.4, 0.5) is 10.1 Å². The largest absolute Gasteiger partial charge is 0.313 e. The van der Waals surface area contributed by atoms with Gasteiger partial charge in [-0.2, -0.15) is 0 Å². The maximum absolute atomic E-state index is 13.3. The third-order valence-electron chi connectivity index (χ3n) is 3.21. The zero-order chi connectivity index (χ0) is 14.5. The van der Waals surface area contributed by atoms with E-state index in [9.17, 15) is 14.5 Å². The van der Waals surface area contributed by atoms with Gasteiger partial charge in [-0.3, -0.25) is 10.1 Å². The Morgan fingerprint density at radius 3 is 2.65 bits per heavy atom. The summed E-state index contributed by atoms with van der Waals surface area (Å²) in [5.41, 5.74) is 1.48. The van der Waals surface area contributed by atoms with E-state index in [2.05, 4.69) is 5.32 Å². The Morgan fingerprint density at radius 1 is 1.25 bits per heavy atom. The van der Waals surface area contributed by atoms with Gasteiger partial charge in [0.2, 0.25) is 0 Å². The van der Waals surface area contributed by atoms with Gasteiger partial charge in [-0.1, -0.05) is 30.3 Å². The first kappa shape index (κ1) is 14.1. The number of hydrogen-bond donors (Lipinski definition) is 1. The first-order chi connectivity index (χ1) is 9.61. The fraction of sp³-hybridized carbons (Fsp3) is 0.200. The predicted octanol–water partition coefficient (Wildman–Crippen LogP) is 3.24. The quantitative estimate of drug-likeness (QED) is 0.672. The van der Waals surface area contributed by atoms with E-state index in [1.54, 1.807) is 37.4 Å². The molecular weight excluding hydrogens is 259 g/mol. The average Bonchev–Trinajstić information content (AvgIpc) is 2.45. The number of nitro groups is 1. The lowest BCUT2D eigenvalue weighted by atomic mass is 9.98. The highest BCUT2D eigenvalue weighted by atomic mass is 19.1. The number of para-hydroxylation sites is 1. The average molecular weight is 274 g/mol. The molecule has 0 saturated carbocycles. The first-order valence-corrected chi connectivity index (χ1v) is 6.27. The van der Waals surface area contributed by atoms with Crippen LogP contribution in [0.1, 0.15) is 17.2 Å². The summed E-state index contributed by atoms with van der Waals surface area (Å²) in [7, 11) is 1.75. The van der Waals surface area contributed by atoms with E-state index in [-0.39, 0.29) is 17.5 Å². The molecule has 20 heavy (non-hydrogen) atoms. The molecular formula is C15H15FN2O2. The SMILES string of the molecule is CNC(Cc1ccccc1[N+](=O)[O-])c1cccc(F)c1. The molecule has 1 atom stereocenters. The minimum atomic E-state index is -0.395. The molecule has 0 aromatic heterocycles. The normalized spacial score (nSPS) is 12.1. The van der Waals surface area contributed by atoms with Crippen molar-refractivity contribution in [3.63, 3.8) is 0 Å². The van der Waals surface area contributed by atoms with Crippen molar-refractivity contribution in [2.45, 2.75) is 12.5 Å². The summed E-state index contributed by atoms with van der Waals surface area (Å²) in [5.74, 6) is -0.315. The summed E-state index contributed by atoms with van der Waals surface area (Å²) >= 11 is 0. The van der Waals surface area contributed by atoms with Crippen molar-refractivity contribution in [3.05, 3.63) is 75.6 Å². The highest BCUT2D eigenvalue weighted by molar-refractivity contribution is 5.41. The molecule has 0 amide bonds. The standard InChI is InChI=1S/C15H15FN2O2/c1-17-14(11-6-4-7-13(16)9-11)10-12-5-2-3-8-15(12)18(19)20/h2-9,14,17H,10H2,1H3. The van der Waals surface area contributed by atoms with Crippen LogP contribution in [0.3, 0.4) is 0 Å². The molecule has 2 aromatic carbocycles. The molecule has 2 rings (SSSR count). The number of benzene rings is 2. The number of nitro benzene ring substituents is 1. The van der Waals surface area contributed by atoms with Crippen LogP contribution in [0, 0.1) is 15.9 Å². The highest BCUT2D eigenvalue weighted by Gasteiger charge is 2.17. The van der Waals surface area contributed by atoms with Gasteiger partial charge >= 0.3 is 0 Å². The second-order valence-corrected chi connectivity index (χ2v) is 4.49. The fourth-order valence-electron chi connectivity index (χ4n) is 2.19. The van der Waals surface area contributed by atoms with Crippen molar-refractivity contribution in [2.24, 2.45) is 0 Å². The van der Waals surface area contributed by atoms with E-state index in [0.717, 1.165) is 5.56 Å². The van der Waals surface area contributed by atoms with E-state index in [1.807, 2.05) is 0 Å². The summed E-state index contributed by atoms with van der Waals surface area (Å²) in [6.07, 6.45) is 0.428. The Morgan fingerprint density at radius 2 is 2.00 bits per heavy atom. The van der Waals surface area contributed by atoms with E-state index in [0.29, 0.717) is 12.0 Å². The Balaban J connectivity index is 2.29. The lowest BCUT2D eigenvalue weighted by molar-refractivity contribution is -0.385. The number of hydrogen-bond acceptors (Lipinski definition) is 3. The summed E-state index contributed by atoms with van der Waals surface area (Å²) in [5, 5.41) is 14.1. The van der Waals surface area contributed by atoms with E-state index in [1.165, 1.54) is 18.2 Å². The van der Waals surface area contributed by atoms with Crippen LogP contribution < -0.4 is 5.32 Å². The van der Waals surface area contributed by atoms with Crippen LogP contribution in [0.25, 0.3) is 0 Å². The van der Waals surface area contributed by atoms with Crippen molar-refractivity contribution in [2.75, 3.05) is 7.05 Å². The lowest BCUT2D eigenvalue weighted by Crippen LogP contribution is -2.19. The van der Waals surface area contributed by atoms with Gasteiger partial charge in [-0.05, 0) is 31.2 Å². The minimum Gasteiger partial charge on any atom is -0.313 e. The van der Waals surface area contributed by atoms with E-state index >= 15 is 0 Å². The number of nitrogens with one attached hydrogen (secondary N) is 1. The van der Waals surface area contributed by atoms with Crippen molar-refractivity contribution < 1.29 is 9.31 Å². The molecule has 4 nitrogen and oxygen atoms in total. The van der Waals surface area contributed by atoms with E-state index < -0.39 is 4.92 Å². The first-order valence-electron chi connectivity index (χ1n) is 6.27. The fourth-order valence-corrected chi connectivity index (χ4v) is 2.19. The van der Waals surface area contributed by atoms with Crippen molar-refractivity contribution in [1.82, 2.24) is 5.32 Å². The summed E-state index contributed by atoms with van der Waals surface area (Å²) in [6.45, 7) is 0. The summed E-state index contributed by atoms with van der Waals surface area (Å²) in [6, 6.07) is 12.7. The zero-order valence-corrected chi connectivity index (χ0v) is 11.0. The van der Waals surface area contributed by atoms with Gasteiger partial charge < -0.3 is 5.32 Å². The Bertz CT molecular complexity index is 616. The smallest absolute Gasteiger partial charge is 0.272 e. The van der Waals surface area contributed by atoms with Gasteiger partial charge in [0.1, 0.15) is 5.82 Å². The molecule has 5 heteroatoms. The molecule has 0 fully saturated rings. The predicted molar refractivity (Wildman–Crippen MR) is 75.0 cm³/mol. The maximum Gasteiger partial charge on any atom is 0.272 e. The van der Waals surface area contributed by atoms with Crippen LogP contribution in [-0.4, -0.2) is 12.0 Å². The minimum absolute atomic E-state index is 0.0872. The molecule has 2 aromatic rings. The van der Waals surface area contributed by atoms with Crippen molar-refractivity contribution in [3.8, 4) is 0 Å². The number of rotatable bonds is 5. The van der Waals surface area contributed by atoms with Crippen LogP contribution in [0.5, 0.6) is 0 Å². The number of likely N-dealkylation sites (N-methyl/N-ethyl adjacent to an activating group) is 1. The van der Waals surface area contributed by atoms with Gasteiger partial charge in [-0.25, -0.2) is 4.39 Å². The molecule has 104 valence electrons. The number of nitrogens with zero attached hydrogens (tertiary/aromatic N) is 1. The Labute approximate surface area is 116 Å². The summed E-state index contributed by atoms with van der Waals surface area (Å²) in [4.78, 5) is 10.6. The zero-order valence-electron chi connectivity index (χ0n) is 11.0. The molecule has 0 aliphatic heterocycles. The molecule has 0 radical (unpaired) electrons. The molecule has 1 N–H and O–H groups in total. The van der Waals surface area contributed by atoms with Crippen LogP contribution in [0.2, 0.25) is 0 Å². The molecule has 0 heterocycles. The van der Waals surface area contributed by atoms with Crippen LogP contribution in [0.15, 0.2) is 48.5 Å². The van der Waals surface area contributed by atoms with Gasteiger partial charge in [-0.15, -0.1) is 0 Å². The molecule has 0 aliphatic rings.